The zero-order valence-electron chi connectivity index (χ0n) is 18.1. The van der Waals surface area contributed by atoms with E-state index in [1.165, 1.54) is 23.9 Å². The molecule has 0 heterocycles. The summed E-state index contributed by atoms with van der Waals surface area (Å²) in [6.07, 6.45) is 4.90. The van der Waals surface area contributed by atoms with Crippen LogP contribution in [0.4, 0.5) is 4.39 Å². The number of benzene rings is 2. The van der Waals surface area contributed by atoms with E-state index >= 15 is 0 Å². The van der Waals surface area contributed by atoms with Crippen LogP contribution in [-0.4, -0.2) is 34.6 Å². The number of carbonyl (C=O) groups excluding carboxylic acids is 2. The smallest absolute Gasteiger partial charge is 0.243 e. The zero-order chi connectivity index (χ0) is 22.1. The first-order valence-electron chi connectivity index (χ1n) is 11.0. The van der Waals surface area contributed by atoms with Crippen LogP contribution in [0.1, 0.15) is 50.2 Å². The molecule has 0 spiro atoms. The van der Waals surface area contributed by atoms with Crippen molar-refractivity contribution in [2.45, 2.75) is 63.4 Å². The standard InChI is InChI=1S/C25H31FN2O2S/c1-2-23(25(30)27-22-10-6-7-11-22)28(16-19-8-4-3-5-9-19)24(29)18-31-17-20-12-14-21(26)15-13-20/h3-5,8-9,12-15,22-23H,2,6-7,10-11,16-18H2,1H3,(H,27,30)/t23-/m1/s1. The lowest BCUT2D eigenvalue weighted by Gasteiger charge is -2.31. The topological polar surface area (TPSA) is 49.4 Å². The van der Waals surface area contributed by atoms with Crippen molar-refractivity contribution in [3.63, 3.8) is 0 Å². The van der Waals surface area contributed by atoms with Crippen molar-refractivity contribution in [3.8, 4) is 0 Å². The largest absolute Gasteiger partial charge is 0.352 e. The van der Waals surface area contributed by atoms with E-state index in [2.05, 4.69) is 5.32 Å². The van der Waals surface area contributed by atoms with Gasteiger partial charge < -0.3 is 10.2 Å². The van der Waals surface area contributed by atoms with Crippen LogP contribution in [0, 0.1) is 5.82 Å². The molecule has 0 saturated heterocycles. The van der Waals surface area contributed by atoms with Crippen molar-refractivity contribution >= 4 is 23.6 Å². The molecule has 0 aliphatic heterocycles. The Labute approximate surface area is 188 Å². The lowest BCUT2D eigenvalue weighted by molar-refractivity contribution is -0.139. The van der Waals surface area contributed by atoms with E-state index in [0.29, 0.717) is 18.7 Å². The molecule has 166 valence electrons. The quantitative estimate of drug-likeness (QED) is 0.568. The van der Waals surface area contributed by atoms with Gasteiger partial charge in [0.15, 0.2) is 0 Å². The summed E-state index contributed by atoms with van der Waals surface area (Å²) in [5.74, 6) is 0.526. The molecular weight excluding hydrogens is 411 g/mol. The number of carbonyl (C=O) groups is 2. The fourth-order valence-electron chi connectivity index (χ4n) is 3.99. The average molecular weight is 443 g/mol. The molecule has 1 atom stereocenters. The van der Waals surface area contributed by atoms with E-state index in [9.17, 15) is 14.0 Å². The van der Waals surface area contributed by atoms with Crippen LogP contribution in [-0.2, 0) is 21.9 Å². The molecule has 31 heavy (non-hydrogen) atoms. The van der Waals surface area contributed by atoms with Crippen molar-refractivity contribution in [1.82, 2.24) is 10.2 Å². The van der Waals surface area contributed by atoms with Crippen LogP contribution in [0.2, 0.25) is 0 Å². The van der Waals surface area contributed by atoms with Crippen molar-refractivity contribution in [2.75, 3.05) is 5.75 Å². The first-order chi connectivity index (χ1) is 15.1. The number of rotatable bonds is 10. The molecule has 2 aromatic rings. The van der Waals surface area contributed by atoms with E-state index in [0.717, 1.165) is 36.8 Å². The number of hydrogen-bond acceptors (Lipinski definition) is 3. The number of halogens is 1. The molecule has 1 N–H and O–H groups in total. The summed E-state index contributed by atoms with van der Waals surface area (Å²) >= 11 is 1.49. The Morgan fingerprint density at radius 3 is 2.39 bits per heavy atom. The van der Waals surface area contributed by atoms with Gasteiger partial charge in [0.25, 0.3) is 0 Å². The van der Waals surface area contributed by atoms with Gasteiger partial charge in [-0.15, -0.1) is 11.8 Å². The minimum Gasteiger partial charge on any atom is -0.352 e. The maximum absolute atomic E-state index is 13.2. The predicted octanol–water partition coefficient (Wildman–Crippen LogP) is 4.93. The van der Waals surface area contributed by atoms with E-state index in [4.69, 9.17) is 0 Å². The summed E-state index contributed by atoms with van der Waals surface area (Å²) in [5, 5.41) is 3.16. The Kier molecular flexibility index (Phi) is 8.95. The van der Waals surface area contributed by atoms with Crippen molar-refractivity contribution in [3.05, 3.63) is 71.5 Å². The minimum atomic E-state index is -0.486. The van der Waals surface area contributed by atoms with Gasteiger partial charge in [-0.05, 0) is 42.5 Å². The minimum absolute atomic E-state index is 0.0515. The third-order valence-corrected chi connectivity index (χ3v) is 6.68. The number of thioether (sulfide) groups is 1. The average Bonchev–Trinajstić information content (AvgIpc) is 3.28. The fourth-order valence-corrected chi connectivity index (χ4v) is 4.86. The van der Waals surface area contributed by atoms with E-state index in [-0.39, 0.29) is 29.4 Å². The molecule has 0 aromatic heterocycles. The zero-order valence-corrected chi connectivity index (χ0v) is 18.9. The molecule has 1 aliphatic carbocycles. The highest BCUT2D eigenvalue weighted by Crippen LogP contribution is 2.20. The second kappa shape index (κ2) is 11.9. The summed E-state index contributed by atoms with van der Waals surface area (Å²) < 4.78 is 13.1. The molecular formula is C25H31FN2O2S. The van der Waals surface area contributed by atoms with Gasteiger partial charge in [-0.2, -0.15) is 0 Å². The Balaban J connectivity index is 1.66. The highest BCUT2D eigenvalue weighted by molar-refractivity contribution is 7.99. The number of nitrogens with zero attached hydrogens (tertiary/aromatic N) is 1. The van der Waals surface area contributed by atoms with Crippen LogP contribution < -0.4 is 5.32 Å². The van der Waals surface area contributed by atoms with Crippen LogP contribution in [0.25, 0.3) is 0 Å². The Bertz CT molecular complexity index is 838. The highest BCUT2D eigenvalue weighted by Gasteiger charge is 2.30. The van der Waals surface area contributed by atoms with Gasteiger partial charge in [-0.1, -0.05) is 62.2 Å². The second-order valence-electron chi connectivity index (χ2n) is 8.04. The molecule has 2 aromatic carbocycles. The molecule has 2 amide bonds. The Morgan fingerprint density at radius 1 is 1.06 bits per heavy atom. The molecule has 1 saturated carbocycles. The van der Waals surface area contributed by atoms with Crippen molar-refractivity contribution in [2.24, 2.45) is 0 Å². The van der Waals surface area contributed by atoms with Gasteiger partial charge in [0.2, 0.25) is 11.8 Å². The number of hydrogen-bond donors (Lipinski definition) is 1. The summed E-state index contributed by atoms with van der Waals surface area (Å²) in [7, 11) is 0. The SMILES string of the molecule is CC[C@H](C(=O)NC1CCCC1)N(Cc1ccccc1)C(=O)CSCc1ccc(F)cc1. The molecule has 1 aliphatic rings. The normalized spacial score (nSPS) is 14.9. The first-order valence-corrected chi connectivity index (χ1v) is 12.2. The third-order valence-electron chi connectivity index (χ3n) is 5.69. The maximum Gasteiger partial charge on any atom is 0.243 e. The third kappa shape index (κ3) is 7.10. The summed E-state index contributed by atoms with van der Waals surface area (Å²) in [5.41, 5.74) is 1.98. The van der Waals surface area contributed by atoms with Gasteiger partial charge in [0.05, 0.1) is 5.75 Å². The van der Waals surface area contributed by atoms with E-state index < -0.39 is 6.04 Å². The lowest BCUT2D eigenvalue weighted by Crippen LogP contribution is -2.51. The van der Waals surface area contributed by atoms with Crippen LogP contribution in [0.5, 0.6) is 0 Å². The van der Waals surface area contributed by atoms with Gasteiger partial charge >= 0.3 is 0 Å². The van der Waals surface area contributed by atoms with E-state index in [1.54, 1.807) is 17.0 Å². The molecule has 0 bridgehead atoms. The van der Waals surface area contributed by atoms with Crippen molar-refractivity contribution in [1.29, 1.82) is 0 Å². The molecule has 1 fully saturated rings. The molecule has 0 radical (unpaired) electrons. The molecule has 4 nitrogen and oxygen atoms in total. The van der Waals surface area contributed by atoms with Crippen molar-refractivity contribution < 1.29 is 14.0 Å². The Hall–Kier alpha value is -2.34. The molecule has 3 rings (SSSR count). The van der Waals surface area contributed by atoms with Crippen LogP contribution >= 0.6 is 11.8 Å². The Morgan fingerprint density at radius 2 is 1.74 bits per heavy atom. The summed E-state index contributed by atoms with van der Waals surface area (Å²) in [4.78, 5) is 28.0. The first kappa shape index (κ1) is 23.3. The van der Waals surface area contributed by atoms with Gasteiger partial charge in [0.1, 0.15) is 11.9 Å². The van der Waals surface area contributed by atoms with Gasteiger partial charge in [-0.3, -0.25) is 9.59 Å². The van der Waals surface area contributed by atoms with Gasteiger partial charge in [0, 0.05) is 18.3 Å². The fraction of sp³-hybridized carbons (Fsp3) is 0.440. The van der Waals surface area contributed by atoms with Crippen LogP contribution in [0.3, 0.4) is 0 Å². The number of nitrogens with one attached hydrogen (secondary N) is 1. The summed E-state index contributed by atoms with van der Waals surface area (Å²) in [6, 6.07) is 15.9. The monoisotopic (exact) mass is 442 g/mol. The lowest BCUT2D eigenvalue weighted by atomic mass is 10.1. The maximum atomic E-state index is 13.2. The summed E-state index contributed by atoms with van der Waals surface area (Å²) in [6.45, 7) is 2.36. The van der Waals surface area contributed by atoms with Crippen LogP contribution in [0.15, 0.2) is 54.6 Å². The molecule has 0 unspecified atom stereocenters. The van der Waals surface area contributed by atoms with E-state index in [1.807, 2.05) is 37.3 Å². The molecule has 6 heteroatoms. The highest BCUT2D eigenvalue weighted by atomic mass is 32.2. The second-order valence-corrected chi connectivity index (χ2v) is 9.03. The number of amides is 2. The predicted molar refractivity (Wildman–Crippen MR) is 124 cm³/mol. The van der Waals surface area contributed by atoms with Gasteiger partial charge in [-0.25, -0.2) is 4.39 Å².